The summed E-state index contributed by atoms with van der Waals surface area (Å²) >= 11 is 0. The number of aliphatic hydroxyl groups is 1. The van der Waals surface area contributed by atoms with Crippen LogP contribution in [0.2, 0.25) is 0 Å². The lowest BCUT2D eigenvalue weighted by Crippen LogP contribution is -2.47. The molecule has 0 bridgehead atoms. The van der Waals surface area contributed by atoms with Gasteiger partial charge < -0.3 is 30.3 Å². The maximum absolute atomic E-state index is 12.5. The fourth-order valence-corrected chi connectivity index (χ4v) is 3.50. The van der Waals surface area contributed by atoms with E-state index in [1.165, 1.54) is 12.1 Å². The van der Waals surface area contributed by atoms with Crippen LogP contribution in [0.1, 0.15) is 36.8 Å². The third kappa shape index (κ3) is 9.85. The summed E-state index contributed by atoms with van der Waals surface area (Å²) in [7, 11) is 0. The fraction of sp³-hybridized carbons (Fsp3) is 0.360. The molecule has 3 atom stereocenters. The third-order valence-electron chi connectivity index (χ3n) is 5.32. The highest BCUT2D eigenvalue weighted by atomic mass is 16.6. The number of nitrogens with zero attached hydrogens (tertiary/aromatic N) is 1. The standard InChI is InChI=1S/C25H29N3O10/c1-2-37-22(31)13-20(17-8-10-18(11-9-17)28(35)36)23(24(32)33)27-21(30)12-19(29)14-26-25(34)38-15-16-6-4-3-5-7-16/h3-11,19-20,23,29H,2,12-15H2,1H3,(H,26,34)(H,27,30)(H,32,33)/t19-,20-,23+/m1/s1. The summed E-state index contributed by atoms with van der Waals surface area (Å²) < 4.78 is 9.93. The van der Waals surface area contributed by atoms with Crippen molar-refractivity contribution in [1.29, 1.82) is 0 Å². The highest BCUT2D eigenvalue weighted by Gasteiger charge is 2.34. The number of carboxylic acid groups (broad SMARTS) is 1. The van der Waals surface area contributed by atoms with Crippen LogP contribution < -0.4 is 10.6 Å². The number of ether oxygens (including phenoxy) is 2. The molecular formula is C25H29N3O10. The number of nitro groups is 1. The van der Waals surface area contributed by atoms with E-state index in [4.69, 9.17) is 9.47 Å². The normalized spacial score (nSPS) is 12.9. The number of nitro benzene ring substituents is 1. The maximum atomic E-state index is 12.5. The number of hydrogen-bond acceptors (Lipinski definition) is 9. The van der Waals surface area contributed by atoms with E-state index >= 15 is 0 Å². The number of aliphatic hydroxyl groups excluding tert-OH is 1. The van der Waals surface area contributed by atoms with Crippen molar-refractivity contribution in [3.8, 4) is 0 Å². The van der Waals surface area contributed by atoms with E-state index in [1.807, 2.05) is 6.07 Å². The molecule has 0 aliphatic heterocycles. The van der Waals surface area contributed by atoms with Crippen LogP contribution in [0.5, 0.6) is 0 Å². The number of aliphatic carboxylic acids is 1. The monoisotopic (exact) mass is 531 g/mol. The van der Waals surface area contributed by atoms with E-state index in [2.05, 4.69) is 10.6 Å². The number of carbonyl (C=O) groups is 4. The first-order chi connectivity index (χ1) is 18.1. The molecule has 2 aromatic carbocycles. The van der Waals surface area contributed by atoms with Crippen molar-refractivity contribution in [1.82, 2.24) is 10.6 Å². The lowest BCUT2D eigenvalue weighted by molar-refractivity contribution is -0.384. The van der Waals surface area contributed by atoms with Gasteiger partial charge in [0.25, 0.3) is 5.69 Å². The summed E-state index contributed by atoms with van der Waals surface area (Å²) in [6.07, 6.45) is -3.17. The van der Waals surface area contributed by atoms with Gasteiger partial charge in [0.15, 0.2) is 0 Å². The number of esters is 1. The number of amides is 2. The number of nitrogens with one attached hydrogen (secondary N) is 2. The molecule has 0 unspecified atom stereocenters. The van der Waals surface area contributed by atoms with Crippen LogP contribution in [0.25, 0.3) is 0 Å². The van der Waals surface area contributed by atoms with Gasteiger partial charge in [-0.15, -0.1) is 0 Å². The van der Waals surface area contributed by atoms with Gasteiger partial charge in [-0.1, -0.05) is 42.5 Å². The summed E-state index contributed by atoms with van der Waals surface area (Å²) in [6.45, 7) is 1.28. The predicted octanol–water partition coefficient (Wildman–Crippen LogP) is 1.88. The first-order valence-corrected chi connectivity index (χ1v) is 11.7. The van der Waals surface area contributed by atoms with Gasteiger partial charge in [-0.25, -0.2) is 9.59 Å². The molecule has 0 heterocycles. The Morgan fingerprint density at radius 2 is 1.66 bits per heavy atom. The van der Waals surface area contributed by atoms with E-state index in [0.29, 0.717) is 0 Å². The van der Waals surface area contributed by atoms with Crippen molar-refractivity contribution in [2.45, 2.75) is 44.4 Å². The zero-order valence-electron chi connectivity index (χ0n) is 20.6. The Labute approximate surface area is 217 Å². The molecule has 0 saturated carbocycles. The van der Waals surface area contributed by atoms with Gasteiger partial charge >= 0.3 is 18.0 Å². The maximum Gasteiger partial charge on any atom is 0.407 e. The van der Waals surface area contributed by atoms with Gasteiger partial charge in [0.05, 0.1) is 30.5 Å². The van der Waals surface area contributed by atoms with Gasteiger partial charge in [0.1, 0.15) is 12.6 Å². The number of carboxylic acids is 1. The summed E-state index contributed by atoms with van der Waals surface area (Å²) in [5.41, 5.74) is 0.768. The Bertz CT molecular complexity index is 1110. The zero-order valence-corrected chi connectivity index (χ0v) is 20.6. The number of carbonyl (C=O) groups excluding carboxylic acids is 3. The number of alkyl carbamates (subject to hydrolysis) is 1. The van der Waals surface area contributed by atoms with E-state index in [1.54, 1.807) is 31.2 Å². The molecule has 2 rings (SSSR count). The van der Waals surface area contributed by atoms with Crippen molar-refractivity contribution in [2.75, 3.05) is 13.2 Å². The molecule has 0 aliphatic carbocycles. The summed E-state index contributed by atoms with van der Waals surface area (Å²) in [4.78, 5) is 58.9. The highest BCUT2D eigenvalue weighted by molar-refractivity contribution is 5.85. The lowest BCUT2D eigenvalue weighted by Gasteiger charge is -2.25. The van der Waals surface area contributed by atoms with Crippen LogP contribution in [0.4, 0.5) is 10.5 Å². The SMILES string of the molecule is CCOC(=O)C[C@H](c1ccc([N+](=O)[O-])cc1)[C@H](NC(=O)C[C@@H](O)CNC(=O)OCc1ccccc1)C(=O)O. The second-order valence-corrected chi connectivity index (χ2v) is 8.15. The molecule has 0 radical (unpaired) electrons. The number of non-ortho nitro benzene ring substituents is 1. The smallest absolute Gasteiger partial charge is 0.407 e. The van der Waals surface area contributed by atoms with E-state index < -0.39 is 59.8 Å². The van der Waals surface area contributed by atoms with E-state index in [-0.39, 0.29) is 31.0 Å². The Morgan fingerprint density at radius 3 is 2.24 bits per heavy atom. The average molecular weight is 532 g/mol. The van der Waals surface area contributed by atoms with Crippen molar-refractivity contribution in [2.24, 2.45) is 0 Å². The predicted molar refractivity (Wildman–Crippen MR) is 132 cm³/mol. The molecule has 13 nitrogen and oxygen atoms in total. The van der Waals surface area contributed by atoms with Crippen molar-refractivity contribution < 1.29 is 43.8 Å². The third-order valence-corrected chi connectivity index (χ3v) is 5.32. The second-order valence-electron chi connectivity index (χ2n) is 8.15. The Morgan fingerprint density at radius 1 is 1.00 bits per heavy atom. The first kappa shape index (κ1) is 29.7. The summed E-state index contributed by atoms with van der Waals surface area (Å²) in [6, 6.07) is 12.2. The molecule has 0 aliphatic rings. The summed E-state index contributed by atoms with van der Waals surface area (Å²) in [5.74, 6) is -4.18. The molecule has 13 heteroatoms. The topological polar surface area (TPSA) is 194 Å². The molecular weight excluding hydrogens is 502 g/mol. The van der Waals surface area contributed by atoms with E-state index in [9.17, 15) is 39.5 Å². The number of hydrogen-bond donors (Lipinski definition) is 4. The molecule has 0 aromatic heterocycles. The van der Waals surface area contributed by atoms with Crippen LogP contribution in [0, 0.1) is 10.1 Å². The Hall–Kier alpha value is -4.52. The van der Waals surface area contributed by atoms with Gasteiger partial charge in [0, 0.05) is 24.6 Å². The molecule has 204 valence electrons. The van der Waals surface area contributed by atoms with Crippen molar-refractivity contribution >= 4 is 29.6 Å². The number of benzene rings is 2. The van der Waals surface area contributed by atoms with Crippen LogP contribution in [0.15, 0.2) is 54.6 Å². The molecule has 2 aromatic rings. The minimum absolute atomic E-state index is 0.00798. The molecule has 0 fully saturated rings. The van der Waals surface area contributed by atoms with Crippen LogP contribution in [-0.4, -0.2) is 64.4 Å². The van der Waals surface area contributed by atoms with Gasteiger partial charge in [-0.05, 0) is 18.1 Å². The molecule has 4 N–H and O–H groups in total. The molecule has 38 heavy (non-hydrogen) atoms. The van der Waals surface area contributed by atoms with Gasteiger partial charge in [-0.2, -0.15) is 0 Å². The number of rotatable bonds is 14. The van der Waals surface area contributed by atoms with E-state index in [0.717, 1.165) is 17.7 Å². The van der Waals surface area contributed by atoms with Crippen LogP contribution in [0.3, 0.4) is 0 Å². The summed E-state index contributed by atoms with van der Waals surface area (Å²) in [5, 5.41) is 35.5. The Kier molecular flexibility index (Phi) is 11.6. The molecule has 0 spiro atoms. The van der Waals surface area contributed by atoms with Gasteiger partial charge in [-0.3, -0.25) is 19.7 Å². The van der Waals surface area contributed by atoms with Crippen molar-refractivity contribution in [3.05, 3.63) is 75.8 Å². The average Bonchev–Trinajstić information content (AvgIpc) is 2.89. The van der Waals surface area contributed by atoms with Gasteiger partial charge in [0.2, 0.25) is 5.91 Å². The lowest BCUT2D eigenvalue weighted by atomic mass is 9.88. The molecule has 2 amide bonds. The molecule has 0 saturated heterocycles. The zero-order chi connectivity index (χ0) is 28.1. The quantitative estimate of drug-likeness (QED) is 0.159. The second kappa shape index (κ2) is 14.9. The highest BCUT2D eigenvalue weighted by Crippen LogP contribution is 2.27. The largest absolute Gasteiger partial charge is 0.480 e. The minimum Gasteiger partial charge on any atom is -0.480 e. The minimum atomic E-state index is -1.62. The van der Waals surface area contributed by atoms with Crippen LogP contribution >= 0.6 is 0 Å². The Balaban J connectivity index is 2.00. The first-order valence-electron chi connectivity index (χ1n) is 11.7. The fourth-order valence-electron chi connectivity index (χ4n) is 3.50. The van der Waals surface area contributed by atoms with Crippen LogP contribution in [-0.2, 0) is 30.5 Å². The van der Waals surface area contributed by atoms with Crippen molar-refractivity contribution in [3.63, 3.8) is 0 Å².